The molecule has 0 saturated carbocycles. The van der Waals surface area contributed by atoms with Crippen LogP contribution in [0.4, 0.5) is 0 Å². The standard InChI is InChI=1S/2C8H11.2BrH.Zr/c2*1-7(2)8-5-3-4-6-8;;;/h2*3,5,7H,4H2,1-2H3;2*1H;/q;;;;+2/p-2. The van der Waals surface area contributed by atoms with Crippen molar-refractivity contribution in [1.29, 1.82) is 0 Å². The predicted octanol–water partition coefficient (Wildman–Crippen LogP) is -1.18. The van der Waals surface area contributed by atoms with E-state index in [4.69, 9.17) is 0 Å². The molecule has 0 saturated heterocycles. The Balaban J connectivity index is 0.00000162. The minimum Gasteiger partial charge on any atom is -1.00 e. The van der Waals surface area contributed by atoms with Crippen molar-refractivity contribution in [1.82, 2.24) is 0 Å². The molecule has 0 N–H and O–H groups in total. The van der Waals surface area contributed by atoms with Crippen molar-refractivity contribution < 1.29 is 57.2 Å². The van der Waals surface area contributed by atoms with Gasteiger partial charge in [-0.1, -0.05) is 0 Å². The maximum Gasteiger partial charge on any atom is -1.00 e. The van der Waals surface area contributed by atoms with Crippen LogP contribution in [-0.4, -0.2) is 0 Å². The van der Waals surface area contributed by atoms with Gasteiger partial charge in [-0.05, 0) is 0 Å². The summed E-state index contributed by atoms with van der Waals surface area (Å²) >= 11 is -0.491. The van der Waals surface area contributed by atoms with E-state index in [-0.39, 0.29) is 34.0 Å². The van der Waals surface area contributed by atoms with E-state index in [0.29, 0.717) is 11.8 Å². The molecule has 19 heavy (non-hydrogen) atoms. The Hall–Kier alpha value is 0.803. The number of halogens is 2. The molecule has 0 unspecified atom stereocenters. The molecule has 0 heterocycles. The Morgan fingerprint density at radius 1 is 0.789 bits per heavy atom. The fourth-order valence-electron chi connectivity index (χ4n) is 2.55. The van der Waals surface area contributed by atoms with Crippen LogP contribution in [0, 0.1) is 11.8 Å². The molecule has 0 amide bonds. The molecular weight excluding hydrogens is 443 g/mol. The predicted molar refractivity (Wildman–Crippen MR) is 71.2 cm³/mol. The molecule has 0 aromatic carbocycles. The van der Waals surface area contributed by atoms with Gasteiger partial charge in [-0.2, -0.15) is 0 Å². The van der Waals surface area contributed by atoms with E-state index in [1.54, 1.807) is 11.1 Å². The molecule has 0 aliphatic heterocycles. The minimum atomic E-state index is -0.491. The number of rotatable bonds is 4. The van der Waals surface area contributed by atoms with Crippen LogP contribution in [0.25, 0.3) is 0 Å². The topological polar surface area (TPSA) is 0 Å². The molecule has 3 heteroatoms. The zero-order chi connectivity index (χ0) is 12.4. The van der Waals surface area contributed by atoms with Gasteiger partial charge in [-0.25, -0.2) is 0 Å². The average molecular weight is 465 g/mol. The van der Waals surface area contributed by atoms with Gasteiger partial charge in [0, 0.05) is 0 Å². The summed E-state index contributed by atoms with van der Waals surface area (Å²) in [6, 6.07) is 0. The first kappa shape index (κ1) is 19.8. The third-order valence-corrected chi connectivity index (χ3v) is 7.39. The summed E-state index contributed by atoms with van der Waals surface area (Å²) < 4.78 is 3.64. The van der Waals surface area contributed by atoms with Crippen molar-refractivity contribution in [2.24, 2.45) is 11.8 Å². The van der Waals surface area contributed by atoms with Crippen molar-refractivity contribution in [3.63, 3.8) is 0 Å². The van der Waals surface area contributed by atoms with Crippen molar-refractivity contribution in [2.45, 2.75) is 40.5 Å². The van der Waals surface area contributed by atoms with Crippen LogP contribution >= 0.6 is 0 Å². The number of allylic oxidation sites excluding steroid dienone is 8. The Morgan fingerprint density at radius 3 is 1.47 bits per heavy atom. The first-order chi connectivity index (χ1) is 8.09. The third kappa shape index (κ3) is 4.93. The van der Waals surface area contributed by atoms with Crippen molar-refractivity contribution in [3.05, 3.63) is 42.0 Å². The molecule has 0 radical (unpaired) electrons. The van der Waals surface area contributed by atoms with E-state index in [0.717, 1.165) is 0 Å². The largest absolute Gasteiger partial charge is 1.00 e. The van der Waals surface area contributed by atoms with Crippen LogP contribution < -0.4 is 34.0 Å². The smallest absolute Gasteiger partial charge is 1.00 e. The van der Waals surface area contributed by atoms with Gasteiger partial charge in [0.05, 0.1) is 0 Å². The summed E-state index contributed by atoms with van der Waals surface area (Å²) in [5.41, 5.74) is 3.30. The normalized spacial score (nSPS) is 17.2. The van der Waals surface area contributed by atoms with Gasteiger partial charge in [0.15, 0.2) is 0 Å². The summed E-state index contributed by atoms with van der Waals surface area (Å²) in [5, 5.41) is 0. The second-order valence-electron chi connectivity index (χ2n) is 5.52. The van der Waals surface area contributed by atoms with E-state index in [1.807, 2.05) is 6.56 Å². The van der Waals surface area contributed by atoms with Crippen LogP contribution in [0.1, 0.15) is 40.5 Å². The first-order valence-corrected chi connectivity index (χ1v) is 9.11. The fourth-order valence-corrected chi connectivity index (χ4v) is 7.07. The summed E-state index contributed by atoms with van der Waals surface area (Å²) in [4.78, 5) is 0. The van der Waals surface area contributed by atoms with Crippen LogP contribution in [0.5, 0.6) is 0 Å². The summed E-state index contributed by atoms with van der Waals surface area (Å²) in [7, 11) is 0. The molecular formula is C16H22Br2Zr. The van der Waals surface area contributed by atoms with Gasteiger partial charge in [-0.15, -0.1) is 0 Å². The molecule has 0 aromatic heterocycles. The van der Waals surface area contributed by atoms with E-state index >= 15 is 0 Å². The van der Waals surface area contributed by atoms with Crippen LogP contribution in [0.2, 0.25) is 0 Å². The number of hydrogen-bond donors (Lipinski definition) is 0. The van der Waals surface area contributed by atoms with Crippen molar-refractivity contribution in [3.8, 4) is 0 Å². The molecule has 0 bridgehead atoms. The molecule has 0 nitrogen and oxygen atoms in total. The first-order valence-electron chi connectivity index (χ1n) is 6.65. The molecule has 2 rings (SSSR count). The zero-order valence-corrected chi connectivity index (χ0v) is 17.8. The quantitative estimate of drug-likeness (QED) is 0.491. The summed E-state index contributed by atoms with van der Waals surface area (Å²) in [5.74, 6) is 1.42. The Bertz CT molecular complexity index is 386. The van der Waals surface area contributed by atoms with Crippen LogP contribution in [0.3, 0.4) is 0 Å². The van der Waals surface area contributed by atoms with E-state index < -0.39 is 23.2 Å². The van der Waals surface area contributed by atoms with Gasteiger partial charge in [-0.3, -0.25) is 0 Å². The second-order valence-corrected chi connectivity index (χ2v) is 9.10. The van der Waals surface area contributed by atoms with Gasteiger partial charge in [0.2, 0.25) is 0 Å². The maximum absolute atomic E-state index is 2.37. The van der Waals surface area contributed by atoms with Crippen molar-refractivity contribution in [2.75, 3.05) is 0 Å². The monoisotopic (exact) mass is 462 g/mol. The molecule has 0 atom stereocenters. The SMILES string of the molecule is CC(C)C1=[C]([Zr+2][C]2=C(C(C)C)C=CC2)CC=C1.[Br-].[Br-]. The molecule has 0 fully saturated rings. The average Bonchev–Trinajstić information content (AvgIpc) is 2.86. The molecule has 104 valence electrons. The molecule has 0 spiro atoms. The van der Waals surface area contributed by atoms with Gasteiger partial charge < -0.3 is 34.0 Å². The van der Waals surface area contributed by atoms with Crippen molar-refractivity contribution >= 4 is 0 Å². The molecule has 0 aromatic rings. The number of hydrogen-bond acceptors (Lipinski definition) is 0. The van der Waals surface area contributed by atoms with Gasteiger partial charge >= 0.3 is 118 Å². The van der Waals surface area contributed by atoms with Gasteiger partial charge in [0.1, 0.15) is 0 Å². The minimum absolute atomic E-state index is 0. The van der Waals surface area contributed by atoms with E-state index in [1.165, 1.54) is 12.8 Å². The zero-order valence-electron chi connectivity index (χ0n) is 12.1. The second kappa shape index (κ2) is 8.95. The van der Waals surface area contributed by atoms with Crippen LogP contribution in [-0.2, 0) is 23.2 Å². The summed E-state index contributed by atoms with van der Waals surface area (Å²) in [6.45, 7) is 9.31. The Morgan fingerprint density at radius 2 is 1.16 bits per heavy atom. The Labute approximate surface area is 150 Å². The molecule has 2 aliphatic carbocycles. The molecule has 2 aliphatic rings. The fraction of sp³-hybridized carbons (Fsp3) is 0.500. The van der Waals surface area contributed by atoms with Crippen LogP contribution in [0.15, 0.2) is 42.0 Å². The maximum atomic E-state index is 2.37. The van der Waals surface area contributed by atoms with E-state index in [9.17, 15) is 0 Å². The third-order valence-electron chi connectivity index (χ3n) is 3.48. The summed E-state index contributed by atoms with van der Waals surface area (Å²) in [6.07, 6.45) is 12.0. The Kier molecular flexibility index (Phi) is 9.33. The van der Waals surface area contributed by atoms with E-state index in [2.05, 4.69) is 52.0 Å². The van der Waals surface area contributed by atoms with Gasteiger partial charge in [0.25, 0.3) is 0 Å².